The van der Waals surface area contributed by atoms with E-state index in [1.165, 1.54) is 12.4 Å². The lowest BCUT2D eigenvalue weighted by Gasteiger charge is -2.11. The van der Waals surface area contributed by atoms with Crippen LogP contribution in [0, 0.1) is 13.8 Å². The van der Waals surface area contributed by atoms with Gasteiger partial charge in [-0.25, -0.2) is 18.1 Å². The van der Waals surface area contributed by atoms with E-state index in [4.69, 9.17) is 5.73 Å². The van der Waals surface area contributed by atoms with Crippen LogP contribution in [0.4, 0.5) is 5.69 Å². The van der Waals surface area contributed by atoms with Crippen molar-refractivity contribution >= 4 is 15.7 Å². The van der Waals surface area contributed by atoms with Gasteiger partial charge in [0.1, 0.15) is 0 Å². The molecule has 0 unspecified atom stereocenters. The van der Waals surface area contributed by atoms with Crippen molar-refractivity contribution < 1.29 is 8.42 Å². The molecule has 0 fully saturated rings. The van der Waals surface area contributed by atoms with Crippen LogP contribution in [0.3, 0.4) is 0 Å². The van der Waals surface area contributed by atoms with Crippen molar-refractivity contribution in [3.63, 3.8) is 0 Å². The summed E-state index contributed by atoms with van der Waals surface area (Å²) in [6.45, 7) is 3.76. The highest BCUT2D eigenvalue weighted by Gasteiger charge is 2.18. The third kappa shape index (κ3) is 2.94. The highest BCUT2D eigenvalue weighted by atomic mass is 32.2. The van der Waals surface area contributed by atoms with Crippen molar-refractivity contribution in [3.8, 4) is 0 Å². The van der Waals surface area contributed by atoms with Gasteiger partial charge in [0.25, 0.3) is 0 Å². The number of nitrogens with one attached hydrogen (secondary N) is 2. The lowest BCUT2D eigenvalue weighted by molar-refractivity contribution is 0.580. The summed E-state index contributed by atoms with van der Waals surface area (Å²) in [5, 5.41) is 0. The van der Waals surface area contributed by atoms with Gasteiger partial charge in [-0.15, -0.1) is 0 Å². The molecule has 1 aromatic heterocycles. The van der Waals surface area contributed by atoms with Crippen molar-refractivity contribution in [2.75, 3.05) is 5.73 Å². The molecule has 0 amide bonds. The SMILES string of the molecule is Cc1cc(N)cc(S(=O)(=O)NCc2cnc[nH]2)c1C. The number of sulfonamides is 1. The van der Waals surface area contributed by atoms with Gasteiger partial charge in [-0.05, 0) is 37.1 Å². The van der Waals surface area contributed by atoms with Crippen LogP contribution in [0.2, 0.25) is 0 Å². The predicted molar refractivity (Wildman–Crippen MR) is 72.9 cm³/mol. The number of aromatic nitrogens is 2. The normalized spacial score (nSPS) is 11.7. The summed E-state index contributed by atoms with van der Waals surface area (Å²) in [6.07, 6.45) is 3.07. The van der Waals surface area contributed by atoms with Crippen molar-refractivity contribution in [2.24, 2.45) is 0 Å². The van der Waals surface area contributed by atoms with E-state index in [-0.39, 0.29) is 11.4 Å². The van der Waals surface area contributed by atoms with E-state index in [0.29, 0.717) is 16.9 Å². The first-order valence-electron chi connectivity index (χ1n) is 5.74. The van der Waals surface area contributed by atoms with Crippen LogP contribution in [0.25, 0.3) is 0 Å². The molecule has 0 saturated heterocycles. The minimum Gasteiger partial charge on any atom is -0.399 e. The molecule has 2 rings (SSSR count). The average molecular weight is 280 g/mol. The van der Waals surface area contributed by atoms with Crippen LogP contribution < -0.4 is 10.5 Å². The number of nitrogen functional groups attached to an aromatic ring is 1. The van der Waals surface area contributed by atoms with Crippen LogP contribution in [0.5, 0.6) is 0 Å². The molecular formula is C12H16N4O2S. The molecule has 0 spiro atoms. The van der Waals surface area contributed by atoms with Gasteiger partial charge in [0.2, 0.25) is 10.0 Å². The maximum atomic E-state index is 12.3. The molecule has 6 nitrogen and oxygen atoms in total. The monoisotopic (exact) mass is 280 g/mol. The third-order valence-electron chi connectivity index (χ3n) is 2.94. The maximum Gasteiger partial charge on any atom is 0.241 e. The molecule has 4 N–H and O–H groups in total. The number of nitrogens with zero attached hydrogens (tertiary/aromatic N) is 1. The Morgan fingerprint density at radius 2 is 2.11 bits per heavy atom. The summed E-state index contributed by atoms with van der Waals surface area (Å²) >= 11 is 0. The maximum absolute atomic E-state index is 12.3. The number of hydrogen-bond acceptors (Lipinski definition) is 4. The fourth-order valence-corrected chi connectivity index (χ4v) is 3.12. The zero-order valence-corrected chi connectivity index (χ0v) is 11.6. The molecule has 0 aliphatic rings. The van der Waals surface area contributed by atoms with E-state index >= 15 is 0 Å². The minimum absolute atomic E-state index is 0.162. The zero-order valence-electron chi connectivity index (χ0n) is 10.8. The van der Waals surface area contributed by atoms with Gasteiger partial charge in [-0.3, -0.25) is 0 Å². The van der Waals surface area contributed by atoms with Gasteiger partial charge in [0.15, 0.2) is 0 Å². The standard InChI is InChI=1S/C12H16N4O2S/c1-8-3-10(13)4-12(9(8)2)19(17,18)16-6-11-5-14-7-15-11/h3-5,7,16H,6,13H2,1-2H3,(H,14,15). The largest absolute Gasteiger partial charge is 0.399 e. The smallest absolute Gasteiger partial charge is 0.241 e. The van der Waals surface area contributed by atoms with E-state index in [1.807, 2.05) is 6.92 Å². The van der Waals surface area contributed by atoms with Gasteiger partial charge in [0.05, 0.1) is 17.8 Å². The number of anilines is 1. The zero-order chi connectivity index (χ0) is 14.0. The summed E-state index contributed by atoms with van der Waals surface area (Å²) in [4.78, 5) is 6.88. The predicted octanol–water partition coefficient (Wildman–Crippen LogP) is 1.09. The van der Waals surface area contributed by atoms with Crippen molar-refractivity contribution in [3.05, 3.63) is 41.5 Å². The third-order valence-corrected chi connectivity index (χ3v) is 4.47. The fraction of sp³-hybridized carbons (Fsp3) is 0.250. The molecule has 0 bridgehead atoms. The molecule has 19 heavy (non-hydrogen) atoms. The van der Waals surface area contributed by atoms with Gasteiger partial charge in [0, 0.05) is 17.6 Å². The van der Waals surface area contributed by atoms with Crippen LogP contribution in [-0.2, 0) is 16.6 Å². The van der Waals surface area contributed by atoms with E-state index in [2.05, 4.69) is 14.7 Å². The number of hydrogen-bond donors (Lipinski definition) is 3. The van der Waals surface area contributed by atoms with Crippen molar-refractivity contribution in [1.82, 2.24) is 14.7 Å². The van der Waals surface area contributed by atoms with Crippen molar-refractivity contribution in [1.29, 1.82) is 0 Å². The molecule has 0 radical (unpaired) electrons. The van der Waals surface area contributed by atoms with Crippen LogP contribution >= 0.6 is 0 Å². The Bertz CT molecular complexity index is 678. The first-order chi connectivity index (χ1) is 8.90. The Hall–Kier alpha value is -1.86. The molecule has 1 aromatic carbocycles. The molecule has 0 aliphatic heterocycles. The number of rotatable bonds is 4. The molecule has 0 saturated carbocycles. The van der Waals surface area contributed by atoms with Crippen LogP contribution in [-0.4, -0.2) is 18.4 Å². The van der Waals surface area contributed by atoms with Crippen LogP contribution in [0.1, 0.15) is 16.8 Å². The second kappa shape index (κ2) is 5.02. The lowest BCUT2D eigenvalue weighted by atomic mass is 10.1. The van der Waals surface area contributed by atoms with Gasteiger partial charge in [-0.2, -0.15) is 0 Å². The van der Waals surface area contributed by atoms with Gasteiger partial charge >= 0.3 is 0 Å². The number of aromatic amines is 1. The molecular weight excluding hydrogens is 264 g/mol. The summed E-state index contributed by atoms with van der Waals surface area (Å²) < 4.78 is 27.0. The Kier molecular flexibility index (Phi) is 3.59. The molecule has 0 atom stereocenters. The van der Waals surface area contributed by atoms with E-state index in [1.54, 1.807) is 19.2 Å². The average Bonchev–Trinajstić information content (AvgIpc) is 2.84. The molecule has 1 heterocycles. The fourth-order valence-electron chi connectivity index (χ4n) is 1.76. The highest BCUT2D eigenvalue weighted by Crippen LogP contribution is 2.22. The minimum atomic E-state index is -3.59. The number of H-pyrrole nitrogens is 1. The van der Waals surface area contributed by atoms with Gasteiger partial charge < -0.3 is 10.7 Å². The highest BCUT2D eigenvalue weighted by molar-refractivity contribution is 7.89. The second-order valence-corrected chi connectivity index (χ2v) is 6.10. The first-order valence-corrected chi connectivity index (χ1v) is 7.22. The molecule has 102 valence electrons. The van der Waals surface area contributed by atoms with E-state index < -0.39 is 10.0 Å². The first kappa shape index (κ1) is 13.6. The van der Waals surface area contributed by atoms with Crippen LogP contribution in [0.15, 0.2) is 29.6 Å². The lowest BCUT2D eigenvalue weighted by Crippen LogP contribution is -2.24. The summed E-state index contributed by atoms with van der Waals surface area (Å²) in [5.41, 5.74) is 8.39. The van der Waals surface area contributed by atoms with Gasteiger partial charge in [-0.1, -0.05) is 0 Å². The number of imidazole rings is 1. The summed E-state index contributed by atoms with van der Waals surface area (Å²) in [6, 6.07) is 3.22. The summed E-state index contributed by atoms with van der Waals surface area (Å²) in [7, 11) is -3.59. The Balaban J connectivity index is 2.29. The topological polar surface area (TPSA) is 101 Å². The van der Waals surface area contributed by atoms with Crippen molar-refractivity contribution in [2.45, 2.75) is 25.3 Å². The molecule has 0 aliphatic carbocycles. The summed E-state index contributed by atoms with van der Waals surface area (Å²) in [5.74, 6) is 0. The van der Waals surface area contributed by atoms with E-state index in [9.17, 15) is 8.42 Å². The number of benzene rings is 1. The quantitative estimate of drug-likeness (QED) is 0.730. The number of nitrogens with two attached hydrogens (primary N) is 1. The molecule has 2 aromatic rings. The molecule has 7 heteroatoms. The van der Waals surface area contributed by atoms with E-state index in [0.717, 1.165) is 5.56 Å². The Morgan fingerprint density at radius 3 is 2.74 bits per heavy atom. The second-order valence-electron chi connectivity index (χ2n) is 4.36. The Morgan fingerprint density at radius 1 is 1.37 bits per heavy atom. The number of aryl methyl sites for hydroxylation is 1. The Labute approximate surface area is 112 Å².